The number of piperidine rings is 1. The minimum absolute atomic E-state index is 0. The van der Waals surface area contributed by atoms with Crippen molar-refractivity contribution in [2.75, 3.05) is 13.1 Å². The Morgan fingerprint density at radius 3 is 2.55 bits per heavy atom. The maximum atomic E-state index is 12.2. The van der Waals surface area contributed by atoms with Crippen LogP contribution in [0.15, 0.2) is 18.2 Å². The van der Waals surface area contributed by atoms with Crippen molar-refractivity contribution in [3.8, 4) is 0 Å². The number of halogens is 1. The zero-order valence-electron chi connectivity index (χ0n) is 11.9. The second kappa shape index (κ2) is 6.59. The number of hydrogen-bond acceptors (Lipinski definition) is 2. The molecule has 1 saturated carbocycles. The molecule has 1 aliphatic heterocycles. The Morgan fingerprint density at radius 2 is 1.90 bits per heavy atom. The molecule has 2 aliphatic rings. The van der Waals surface area contributed by atoms with Gasteiger partial charge in [-0.1, -0.05) is 12.1 Å². The summed E-state index contributed by atoms with van der Waals surface area (Å²) in [5.74, 6) is 0.713. The van der Waals surface area contributed by atoms with Gasteiger partial charge in [0.15, 0.2) is 0 Å². The maximum Gasteiger partial charge on any atom is 0.251 e. The monoisotopic (exact) mass is 294 g/mol. The molecule has 0 radical (unpaired) electrons. The van der Waals surface area contributed by atoms with E-state index in [-0.39, 0.29) is 18.3 Å². The minimum Gasteiger partial charge on any atom is -0.349 e. The Bertz CT molecular complexity index is 479. The number of benzene rings is 1. The summed E-state index contributed by atoms with van der Waals surface area (Å²) >= 11 is 0. The Labute approximate surface area is 126 Å². The van der Waals surface area contributed by atoms with Gasteiger partial charge in [0.25, 0.3) is 5.91 Å². The first-order valence-corrected chi connectivity index (χ1v) is 7.36. The lowest BCUT2D eigenvalue weighted by molar-refractivity contribution is 0.0950. The second-order valence-corrected chi connectivity index (χ2v) is 5.85. The standard InChI is InChI=1S/C16H22N2O.ClH/c1-11-2-3-13(12-6-8-17-9-7-12)10-15(11)16(19)18-14-4-5-14;/h2-3,10,12,14,17H,4-9H2,1H3,(H,18,19);1H. The summed E-state index contributed by atoms with van der Waals surface area (Å²) in [5.41, 5.74) is 3.27. The maximum absolute atomic E-state index is 12.2. The average Bonchev–Trinajstić information content (AvgIpc) is 3.24. The third-order valence-electron chi connectivity index (χ3n) is 4.23. The molecule has 1 aromatic carbocycles. The first kappa shape index (κ1) is 15.3. The highest BCUT2D eigenvalue weighted by atomic mass is 35.5. The predicted molar refractivity (Wildman–Crippen MR) is 83.8 cm³/mol. The lowest BCUT2D eigenvalue weighted by Gasteiger charge is -2.23. The summed E-state index contributed by atoms with van der Waals surface area (Å²) in [7, 11) is 0. The van der Waals surface area contributed by atoms with Gasteiger partial charge in [0.1, 0.15) is 0 Å². The smallest absolute Gasteiger partial charge is 0.251 e. The molecule has 1 saturated heterocycles. The van der Waals surface area contributed by atoms with Crippen molar-refractivity contribution in [3.63, 3.8) is 0 Å². The Morgan fingerprint density at radius 1 is 1.20 bits per heavy atom. The van der Waals surface area contributed by atoms with Gasteiger partial charge in [-0.2, -0.15) is 0 Å². The van der Waals surface area contributed by atoms with Gasteiger partial charge in [0, 0.05) is 11.6 Å². The van der Waals surface area contributed by atoms with Gasteiger partial charge < -0.3 is 10.6 Å². The highest BCUT2D eigenvalue weighted by Gasteiger charge is 2.25. The largest absolute Gasteiger partial charge is 0.349 e. The van der Waals surface area contributed by atoms with Crippen molar-refractivity contribution in [1.29, 1.82) is 0 Å². The summed E-state index contributed by atoms with van der Waals surface area (Å²) < 4.78 is 0. The molecule has 0 bridgehead atoms. The van der Waals surface area contributed by atoms with E-state index in [1.54, 1.807) is 0 Å². The normalized spacial score (nSPS) is 19.2. The van der Waals surface area contributed by atoms with Crippen LogP contribution in [0.5, 0.6) is 0 Å². The number of amides is 1. The molecule has 0 atom stereocenters. The third kappa shape index (κ3) is 3.53. The first-order chi connectivity index (χ1) is 9.24. The molecule has 20 heavy (non-hydrogen) atoms. The van der Waals surface area contributed by atoms with E-state index in [1.807, 2.05) is 6.92 Å². The molecule has 1 aliphatic carbocycles. The van der Waals surface area contributed by atoms with Crippen molar-refractivity contribution in [2.24, 2.45) is 0 Å². The van der Waals surface area contributed by atoms with Crippen molar-refractivity contribution in [3.05, 3.63) is 34.9 Å². The van der Waals surface area contributed by atoms with Crippen LogP contribution in [0.3, 0.4) is 0 Å². The van der Waals surface area contributed by atoms with Crippen molar-refractivity contribution < 1.29 is 4.79 Å². The van der Waals surface area contributed by atoms with Crippen LogP contribution < -0.4 is 10.6 Å². The molecule has 3 rings (SSSR count). The van der Waals surface area contributed by atoms with Crippen LogP contribution in [0.2, 0.25) is 0 Å². The van der Waals surface area contributed by atoms with Gasteiger partial charge in [0.05, 0.1) is 0 Å². The molecule has 0 unspecified atom stereocenters. The number of carbonyl (C=O) groups excluding carboxylic acids is 1. The summed E-state index contributed by atoms with van der Waals surface area (Å²) in [4.78, 5) is 12.2. The average molecular weight is 295 g/mol. The molecule has 0 spiro atoms. The van der Waals surface area contributed by atoms with Crippen molar-refractivity contribution >= 4 is 18.3 Å². The molecule has 4 heteroatoms. The molecule has 0 aromatic heterocycles. The lowest BCUT2D eigenvalue weighted by atomic mass is 9.88. The Kier molecular flexibility index (Phi) is 5.06. The van der Waals surface area contributed by atoms with Crippen molar-refractivity contribution in [2.45, 2.75) is 44.6 Å². The van der Waals surface area contributed by atoms with Gasteiger partial charge in [0.2, 0.25) is 0 Å². The molecule has 3 nitrogen and oxygen atoms in total. The fraction of sp³-hybridized carbons (Fsp3) is 0.562. The number of hydrogen-bond donors (Lipinski definition) is 2. The SMILES string of the molecule is Cc1ccc(C2CCNCC2)cc1C(=O)NC1CC1.Cl. The van der Waals surface area contributed by atoms with E-state index in [0.29, 0.717) is 12.0 Å². The van der Waals surface area contributed by atoms with Gasteiger partial charge in [-0.3, -0.25) is 4.79 Å². The molecular formula is C16H23ClN2O. The molecule has 2 fully saturated rings. The van der Waals surface area contributed by atoms with E-state index < -0.39 is 0 Å². The zero-order chi connectivity index (χ0) is 13.2. The molecule has 110 valence electrons. The van der Waals surface area contributed by atoms with E-state index in [4.69, 9.17) is 0 Å². The minimum atomic E-state index is 0. The zero-order valence-corrected chi connectivity index (χ0v) is 12.8. The number of nitrogens with one attached hydrogen (secondary N) is 2. The van der Waals surface area contributed by atoms with Gasteiger partial charge in [-0.15, -0.1) is 12.4 Å². The molecule has 1 heterocycles. The van der Waals surface area contributed by atoms with E-state index in [2.05, 4.69) is 28.8 Å². The van der Waals surface area contributed by atoms with Crippen LogP contribution >= 0.6 is 12.4 Å². The molecule has 1 aromatic rings. The Balaban J connectivity index is 0.00000147. The van der Waals surface area contributed by atoms with Gasteiger partial charge in [-0.25, -0.2) is 0 Å². The fourth-order valence-corrected chi connectivity index (χ4v) is 2.78. The van der Waals surface area contributed by atoms with Crippen LogP contribution in [-0.2, 0) is 0 Å². The van der Waals surface area contributed by atoms with E-state index >= 15 is 0 Å². The van der Waals surface area contributed by atoms with Crippen LogP contribution in [0.25, 0.3) is 0 Å². The highest BCUT2D eigenvalue weighted by molar-refractivity contribution is 5.96. The topological polar surface area (TPSA) is 41.1 Å². The van der Waals surface area contributed by atoms with E-state index in [1.165, 1.54) is 18.4 Å². The summed E-state index contributed by atoms with van der Waals surface area (Å²) in [6, 6.07) is 6.83. The Hall–Kier alpha value is -1.06. The van der Waals surface area contributed by atoms with Crippen LogP contribution in [0.4, 0.5) is 0 Å². The van der Waals surface area contributed by atoms with E-state index in [9.17, 15) is 4.79 Å². The fourth-order valence-electron chi connectivity index (χ4n) is 2.78. The molecule has 1 amide bonds. The summed E-state index contributed by atoms with van der Waals surface area (Å²) in [5, 5.41) is 6.48. The number of aryl methyl sites for hydroxylation is 1. The number of rotatable bonds is 3. The molecule has 2 N–H and O–H groups in total. The van der Waals surface area contributed by atoms with Gasteiger partial charge >= 0.3 is 0 Å². The van der Waals surface area contributed by atoms with Crippen LogP contribution in [0.1, 0.15) is 53.1 Å². The van der Waals surface area contributed by atoms with Crippen LogP contribution in [-0.4, -0.2) is 25.0 Å². The highest BCUT2D eigenvalue weighted by Crippen LogP contribution is 2.27. The van der Waals surface area contributed by atoms with E-state index in [0.717, 1.165) is 37.1 Å². The summed E-state index contributed by atoms with van der Waals surface area (Å²) in [6.07, 6.45) is 4.62. The van der Waals surface area contributed by atoms with Crippen molar-refractivity contribution in [1.82, 2.24) is 10.6 Å². The summed E-state index contributed by atoms with van der Waals surface area (Å²) in [6.45, 7) is 4.19. The second-order valence-electron chi connectivity index (χ2n) is 5.85. The van der Waals surface area contributed by atoms with Gasteiger partial charge in [-0.05, 0) is 68.8 Å². The number of carbonyl (C=O) groups is 1. The quantitative estimate of drug-likeness (QED) is 0.900. The lowest BCUT2D eigenvalue weighted by Crippen LogP contribution is -2.28. The molecular weight excluding hydrogens is 272 g/mol. The third-order valence-corrected chi connectivity index (χ3v) is 4.23. The predicted octanol–water partition coefficient (Wildman–Crippen LogP) is 2.78. The first-order valence-electron chi connectivity index (χ1n) is 7.36. The van der Waals surface area contributed by atoms with Crippen LogP contribution in [0, 0.1) is 6.92 Å².